The van der Waals surface area contributed by atoms with Gasteiger partial charge < -0.3 is 5.11 Å². The minimum Gasteiger partial charge on any atom is -0.478 e. The summed E-state index contributed by atoms with van der Waals surface area (Å²) in [6.07, 6.45) is 2.79. The van der Waals surface area contributed by atoms with Gasteiger partial charge in [-0.2, -0.15) is 0 Å². The van der Waals surface area contributed by atoms with Gasteiger partial charge >= 0.3 is 5.97 Å². The fourth-order valence-electron chi connectivity index (χ4n) is 1.55. The Morgan fingerprint density at radius 2 is 1.90 bits per heavy atom. The lowest BCUT2D eigenvalue weighted by Gasteiger charge is -2.09. The molecule has 1 heterocycles. The second-order valence-electron chi connectivity index (χ2n) is 3.96. The van der Waals surface area contributed by atoms with Gasteiger partial charge in [-0.1, -0.05) is 6.07 Å². The number of carbonyl (C=O) groups is 1. The summed E-state index contributed by atoms with van der Waals surface area (Å²) in [7, 11) is -3.94. The van der Waals surface area contributed by atoms with Gasteiger partial charge in [-0.15, -0.1) is 0 Å². The van der Waals surface area contributed by atoms with E-state index in [1.807, 2.05) is 0 Å². The van der Waals surface area contributed by atoms with Crippen LogP contribution in [0.4, 0.5) is 5.95 Å². The molecule has 7 nitrogen and oxygen atoms in total. The lowest BCUT2D eigenvalue weighted by molar-refractivity contribution is 0.0696. The summed E-state index contributed by atoms with van der Waals surface area (Å²) in [5.41, 5.74) is 0.323. The third-order valence-corrected chi connectivity index (χ3v) is 3.99. The number of aromatic nitrogens is 2. The average Bonchev–Trinajstić information content (AvgIpc) is 2.39. The molecule has 8 heteroatoms. The molecule has 2 N–H and O–H groups in total. The Bertz CT molecular complexity index is 745. The van der Waals surface area contributed by atoms with Crippen molar-refractivity contribution in [2.75, 3.05) is 4.72 Å². The lowest BCUT2D eigenvalue weighted by atomic mass is 10.1. The number of anilines is 1. The van der Waals surface area contributed by atoms with E-state index >= 15 is 0 Å². The van der Waals surface area contributed by atoms with Crippen LogP contribution in [0.5, 0.6) is 0 Å². The van der Waals surface area contributed by atoms with E-state index in [0.29, 0.717) is 5.56 Å². The first-order valence-electron chi connectivity index (χ1n) is 5.54. The highest BCUT2D eigenvalue weighted by atomic mass is 32.2. The van der Waals surface area contributed by atoms with Crippen molar-refractivity contribution in [3.63, 3.8) is 0 Å². The maximum absolute atomic E-state index is 12.2. The molecule has 2 rings (SSSR count). The summed E-state index contributed by atoms with van der Waals surface area (Å²) in [5.74, 6) is -1.27. The van der Waals surface area contributed by atoms with Crippen LogP contribution < -0.4 is 4.72 Å². The minimum absolute atomic E-state index is 0.0763. The van der Waals surface area contributed by atoms with Crippen molar-refractivity contribution in [1.82, 2.24) is 9.97 Å². The number of rotatable bonds is 4. The number of sulfonamides is 1. The average molecular weight is 293 g/mol. The van der Waals surface area contributed by atoms with Crippen molar-refractivity contribution in [3.8, 4) is 0 Å². The van der Waals surface area contributed by atoms with Crippen molar-refractivity contribution in [1.29, 1.82) is 0 Å². The van der Waals surface area contributed by atoms with Crippen LogP contribution in [0.1, 0.15) is 15.9 Å². The first kappa shape index (κ1) is 13.9. The second-order valence-corrected chi connectivity index (χ2v) is 5.61. The van der Waals surface area contributed by atoms with E-state index in [1.54, 1.807) is 13.0 Å². The number of benzene rings is 1. The van der Waals surface area contributed by atoms with E-state index in [4.69, 9.17) is 5.11 Å². The molecule has 104 valence electrons. The van der Waals surface area contributed by atoms with Crippen molar-refractivity contribution in [2.45, 2.75) is 11.8 Å². The summed E-state index contributed by atoms with van der Waals surface area (Å²) < 4.78 is 26.6. The van der Waals surface area contributed by atoms with Crippen molar-refractivity contribution >= 4 is 21.9 Å². The number of aryl methyl sites for hydroxylation is 1. The molecule has 0 saturated heterocycles. The monoisotopic (exact) mass is 293 g/mol. The van der Waals surface area contributed by atoms with Crippen LogP contribution in [0.25, 0.3) is 0 Å². The van der Waals surface area contributed by atoms with Gasteiger partial charge in [-0.05, 0) is 30.7 Å². The number of hydrogen-bond acceptors (Lipinski definition) is 5. The molecule has 0 fully saturated rings. The molecule has 0 spiro atoms. The SMILES string of the molecule is Cc1ccc(C(=O)O)cc1S(=O)(=O)Nc1ncccn1. The number of carboxylic acids is 1. The molecule has 20 heavy (non-hydrogen) atoms. The van der Waals surface area contributed by atoms with Gasteiger partial charge in [0.05, 0.1) is 10.5 Å². The van der Waals surface area contributed by atoms with E-state index in [9.17, 15) is 13.2 Å². The fraction of sp³-hybridized carbons (Fsp3) is 0.0833. The zero-order valence-electron chi connectivity index (χ0n) is 10.4. The van der Waals surface area contributed by atoms with E-state index in [2.05, 4.69) is 14.7 Å². The molecule has 0 radical (unpaired) electrons. The topological polar surface area (TPSA) is 109 Å². The number of carboxylic acid groups (broad SMARTS) is 1. The number of aromatic carboxylic acids is 1. The van der Waals surface area contributed by atoms with Gasteiger partial charge in [0.15, 0.2) is 0 Å². The third kappa shape index (κ3) is 2.91. The second kappa shape index (κ2) is 5.25. The molecule has 2 aromatic rings. The fourth-order valence-corrected chi connectivity index (χ4v) is 2.78. The highest BCUT2D eigenvalue weighted by Crippen LogP contribution is 2.19. The molecule has 0 saturated carbocycles. The van der Waals surface area contributed by atoms with Crippen LogP contribution in [0, 0.1) is 6.92 Å². The Hall–Kier alpha value is -2.48. The van der Waals surface area contributed by atoms with E-state index in [1.165, 1.54) is 24.5 Å². The quantitative estimate of drug-likeness (QED) is 0.879. The Morgan fingerprint density at radius 1 is 1.25 bits per heavy atom. The molecule has 0 bridgehead atoms. The van der Waals surface area contributed by atoms with Crippen LogP contribution in [-0.4, -0.2) is 29.5 Å². The zero-order valence-corrected chi connectivity index (χ0v) is 11.3. The molecule has 1 aromatic carbocycles. The first-order chi connectivity index (χ1) is 9.40. The highest BCUT2D eigenvalue weighted by molar-refractivity contribution is 7.92. The van der Waals surface area contributed by atoms with Crippen molar-refractivity contribution < 1.29 is 18.3 Å². The van der Waals surface area contributed by atoms with Gasteiger partial charge in [-0.25, -0.2) is 27.9 Å². The van der Waals surface area contributed by atoms with Gasteiger partial charge in [0.1, 0.15) is 0 Å². The van der Waals surface area contributed by atoms with E-state index in [-0.39, 0.29) is 16.4 Å². The lowest BCUT2D eigenvalue weighted by Crippen LogP contribution is -2.16. The van der Waals surface area contributed by atoms with Gasteiger partial charge in [0.2, 0.25) is 5.95 Å². The molecule has 0 amide bonds. The molecule has 0 atom stereocenters. The number of nitrogens with one attached hydrogen (secondary N) is 1. The van der Waals surface area contributed by atoms with Gasteiger partial charge in [0.25, 0.3) is 10.0 Å². The van der Waals surface area contributed by atoms with Gasteiger partial charge in [0, 0.05) is 12.4 Å². The Morgan fingerprint density at radius 3 is 2.50 bits per heavy atom. The smallest absolute Gasteiger partial charge is 0.335 e. The van der Waals surface area contributed by atoms with Crippen LogP contribution in [0.2, 0.25) is 0 Å². The summed E-state index contributed by atoms with van der Waals surface area (Å²) >= 11 is 0. The minimum atomic E-state index is -3.94. The van der Waals surface area contributed by atoms with E-state index in [0.717, 1.165) is 6.07 Å². The molecular formula is C12H11N3O4S. The van der Waals surface area contributed by atoms with Crippen LogP contribution >= 0.6 is 0 Å². The normalized spacial score (nSPS) is 11.1. The summed E-state index contributed by atoms with van der Waals surface area (Å²) in [5, 5.41) is 8.92. The number of hydrogen-bond donors (Lipinski definition) is 2. The van der Waals surface area contributed by atoms with Crippen LogP contribution in [0.15, 0.2) is 41.6 Å². The largest absolute Gasteiger partial charge is 0.478 e. The summed E-state index contributed by atoms with van der Waals surface area (Å²) in [6, 6.07) is 5.43. The first-order valence-corrected chi connectivity index (χ1v) is 7.02. The predicted molar refractivity (Wildman–Crippen MR) is 71.0 cm³/mol. The Kier molecular flexibility index (Phi) is 3.66. The Balaban J connectivity index is 2.44. The van der Waals surface area contributed by atoms with Crippen LogP contribution in [-0.2, 0) is 10.0 Å². The molecule has 0 unspecified atom stereocenters. The van der Waals surface area contributed by atoms with Crippen LogP contribution in [0.3, 0.4) is 0 Å². The summed E-state index contributed by atoms with van der Waals surface area (Å²) in [6.45, 7) is 1.58. The molecule has 1 aromatic heterocycles. The predicted octanol–water partition coefficient (Wildman–Crippen LogP) is 1.28. The standard InChI is InChI=1S/C12H11N3O4S/c1-8-3-4-9(11(16)17)7-10(8)20(18,19)15-12-13-5-2-6-14-12/h2-7H,1H3,(H,16,17)(H,13,14,15). The highest BCUT2D eigenvalue weighted by Gasteiger charge is 2.20. The maximum Gasteiger partial charge on any atom is 0.335 e. The van der Waals surface area contributed by atoms with E-state index < -0.39 is 16.0 Å². The van der Waals surface area contributed by atoms with Crippen molar-refractivity contribution in [2.24, 2.45) is 0 Å². The number of nitrogens with zero attached hydrogens (tertiary/aromatic N) is 2. The van der Waals surface area contributed by atoms with Gasteiger partial charge in [-0.3, -0.25) is 0 Å². The maximum atomic E-state index is 12.2. The molecule has 0 aliphatic carbocycles. The van der Waals surface area contributed by atoms with Crippen molar-refractivity contribution in [3.05, 3.63) is 47.8 Å². The zero-order chi connectivity index (χ0) is 14.8. The third-order valence-electron chi connectivity index (χ3n) is 2.52. The molecular weight excluding hydrogens is 282 g/mol. The Labute approximate surface area is 115 Å². The molecule has 0 aliphatic heterocycles. The summed E-state index contributed by atoms with van der Waals surface area (Å²) in [4.78, 5) is 18.3. The molecule has 0 aliphatic rings.